The van der Waals surface area contributed by atoms with E-state index >= 15 is 0 Å². The van der Waals surface area contributed by atoms with Crippen molar-refractivity contribution in [3.63, 3.8) is 0 Å². The number of allylic oxidation sites excluding steroid dienone is 4. The van der Waals surface area contributed by atoms with Gasteiger partial charge in [-0.2, -0.15) is 6.67 Å². The molecule has 1 atom stereocenters. The number of hydrogen-bond acceptors (Lipinski definition) is 17. The molecular weight excluding hydrogens is 1360 g/mol. The summed E-state index contributed by atoms with van der Waals surface area (Å²) < 4.78 is 38.7. The summed E-state index contributed by atoms with van der Waals surface area (Å²) in [5.74, 6) is -12.6. The molecule has 3 aromatic rings. The van der Waals surface area contributed by atoms with E-state index in [4.69, 9.17) is 52.0 Å². The third-order valence-corrected chi connectivity index (χ3v) is 24.4. The number of aliphatic carboxylic acids is 1. The summed E-state index contributed by atoms with van der Waals surface area (Å²) in [5.41, 5.74) is 15.6. The van der Waals surface area contributed by atoms with Gasteiger partial charge in [-0.3, -0.25) is 33.6 Å². The Morgan fingerprint density at radius 1 is 0.500 bits per heavy atom. The van der Waals surface area contributed by atoms with Gasteiger partial charge in [-0.05, 0) is 167 Å². The second-order valence-corrected chi connectivity index (χ2v) is 34.4. The van der Waals surface area contributed by atoms with Crippen LogP contribution in [0.2, 0.25) is 0 Å². The Balaban J connectivity index is 0.000000260. The normalized spacial score (nSPS) is 24.3. The zero-order valence-corrected chi connectivity index (χ0v) is 61.4. The molecule has 0 radical (unpaired) electrons. The summed E-state index contributed by atoms with van der Waals surface area (Å²) in [4.78, 5) is 98.8. The summed E-state index contributed by atoms with van der Waals surface area (Å²) >= 11 is -1.61. The minimum atomic E-state index is -3.52. The molecule has 96 heavy (non-hydrogen) atoms. The number of nitrogens with zero attached hydrogens (tertiary/aromatic N) is 2. The molecular formula is C70H93B2Cl2Li2N2O16PRu. The number of carbonyl (C=O) groups excluding carboxylic acids is 7. The Bertz CT molecular complexity index is 2890. The van der Waals surface area contributed by atoms with Crippen LogP contribution in [0, 0.1) is 71.9 Å². The Morgan fingerprint density at radius 2 is 0.802 bits per heavy atom. The van der Waals surface area contributed by atoms with E-state index in [2.05, 4.69) is 113 Å². The first-order valence-electron chi connectivity index (χ1n) is 32.8. The largest absolute Gasteiger partial charge is 1.00 e. The van der Waals surface area contributed by atoms with E-state index in [1.54, 1.807) is 96.3 Å². The van der Waals surface area contributed by atoms with Crippen molar-refractivity contribution in [2.24, 2.45) is 23.7 Å². The molecule has 18 nitrogen and oxygen atoms in total. The third kappa shape index (κ3) is 22.2. The zero-order valence-electron chi connectivity index (χ0n) is 58.1. The molecule has 8 fully saturated rings. The molecule has 3 saturated carbocycles. The predicted molar refractivity (Wildman–Crippen MR) is 368 cm³/mol. The van der Waals surface area contributed by atoms with Crippen molar-refractivity contribution >= 4 is 105 Å². The fraction of sp³-hybridized carbons (Fsp3) is 0.486. The van der Waals surface area contributed by atoms with Gasteiger partial charge in [0.15, 0.2) is 0 Å². The maximum absolute atomic E-state index is 11.8. The van der Waals surface area contributed by atoms with Gasteiger partial charge in [0.1, 0.15) is 17.8 Å². The zero-order chi connectivity index (χ0) is 68.3. The van der Waals surface area contributed by atoms with Gasteiger partial charge in [-0.15, -0.1) is 26.3 Å². The number of hydrogen-bond donors (Lipinski definition) is 0. The molecule has 5 aliphatic heterocycles. The number of anilines is 2. The van der Waals surface area contributed by atoms with Gasteiger partial charge in [-0.1, -0.05) is 79.0 Å². The van der Waals surface area contributed by atoms with Crippen LogP contribution in [0.5, 0.6) is 0 Å². The summed E-state index contributed by atoms with van der Waals surface area (Å²) in [6.07, 6.45) is 29.2. The molecule has 5 heterocycles. The van der Waals surface area contributed by atoms with Crippen LogP contribution in [0.3, 0.4) is 0 Å². The fourth-order valence-electron chi connectivity index (χ4n) is 14.0. The number of carboxylic acids is 1. The molecule has 2 spiro atoms. The van der Waals surface area contributed by atoms with E-state index in [0.29, 0.717) is 0 Å². The quantitative estimate of drug-likeness (QED) is 0.0379. The van der Waals surface area contributed by atoms with E-state index in [0.717, 1.165) is 18.7 Å². The average Bonchev–Trinajstić information content (AvgIpc) is 1.08. The fourth-order valence-corrected chi connectivity index (χ4v) is 21.0. The van der Waals surface area contributed by atoms with Gasteiger partial charge < -0.3 is 48.5 Å². The maximum Gasteiger partial charge on any atom is 1.00 e. The van der Waals surface area contributed by atoms with E-state index in [-0.39, 0.29) is 72.8 Å². The monoisotopic (exact) mass is 1460 g/mol. The van der Waals surface area contributed by atoms with Crippen molar-refractivity contribution in [3.05, 3.63) is 151 Å². The molecule has 8 aliphatic rings. The van der Waals surface area contributed by atoms with Crippen molar-refractivity contribution in [3.8, 4) is 0 Å². The molecule has 0 bridgehead atoms. The van der Waals surface area contributed by atoms with Crippen LogP contribution in [-0.2, 0) is 84.5 Å². The van der Waals surface area contributed by atoms with E-state index in [1.165, 1.54) is 86.0 Å². The SMILES string of the molecule is C1CCC([PH+](C2CCCCC2)C2CCCCC2)CC1.C=CCC1C(=O)O[B-]2(OC1=O)OC(=O)C(CC=C)C(=O)O2.C=CCC1C(=O)O[B-]2(OC1=O)OC(=O)C(CC=C)C(=O)[OH+]2.Cc1cc(C)c(N2[CH-]N(c3c(C)cc(C)cc3C)CC2)c(C)c1.[Cl][Ru]([Cl])=[CH]c1ccccc1.[H-].[Li+].[Li+]. The summed E-state index contributed by atoms with van der Waals surface area (Å²) in [6.45, 7) is 24.3. The third-order valence-electron chi connectivity index (χ3n) is 18.0. The first-order valence-corrected chi connectivity index (χ1v) is 40.0. The van der Waals surface area contributed by atoms with Crippen LogP contribution in [0.1, 0.15) is 162 Å². The van der Waals surface area contributed by atoms with E-state index < -0.39 is 98.9 Å². The van der Waals surface area contributed by atoms with Gasteiger partial charge in [0, 0.05) is 37.2 Å². The first kappa shape index (κ1) is 81.5. The van der Waals surface area contributed by atoms with Crippen molar-refractivity contribution in [1.82, 2.24) is 0 Å². The first-order chi connectivity index (χ1) is 44.9. The van der Waals surface area contributed by atoms with Crippen molar-refractivity contribution in [1.29, 1.82) is 0 Å². The molecule has 0 aromatic heterocycles. The van der Waals surface area contributed by atoms with Crippen LogP contribution in [0.4, 0.5) is 11.4 Å². The molecule has 26 heteroatoms. The number of aryl methyl sites for hydroxylation is 6. The molecule has 1 unspecified atom stereocenters. The maximum atomic E-state index is 11.8. The standard InChI is InChI=1S/C21H27N2.C18H33P.C12H13BO8.C12H12BO8.C7H6.2ClH.2Li.Ru.H/c1-14-9-16(3)20(17(4)10-14)22-7-8-23(13-22)21-18(5)11-15(2)12-19(21)6;1-4-10-16(11-5-1)19(17-12-6-2-7-13-17)18-14-8-3-9-15-18;2*1-3-5-7-9(14)18-13(19-10(7)15)20-11(16)8(6-4-2)12(17)21-13;1-7-5-3-2-4-6-7;;;;;;/h9-13H,7-8H2,1-6H3;16-18H,1-15H2;3-4,7-8,18H,1-2,5-6H2;3-4,7-8H,1-2,5-6H2;1-6H;2*1H;;;;/q-1;;;-1;;;;2*+1;+2;-1/p-1. The number of rotatable bonds is 14. The molecule has 3 aliphatic carbocycles. The summed E-state index contributed by atoms with van der Waals surface area (Å²) in [5, 5.41) is 0. The van der Waals surface area contributed by atoms with Gasteiger partial charge >= 0.3 is 131 Å². The van der Waals surface area contributed by atoms with Gasteiger partial charge in [0.05, 0.1) is 17.0 Å². The molecule has 514 valence electrons. The number of benzene rings is 3. The van der Waals surface area contributed by atoms with E-state index in [1.807, 2.05) is 34.9 Å². The molecule has 0 amide bonds. The Morgan fingerprint density at radius 3 is 1.10 bits per heavy atom. The van der Waals surface area contributed by atoms with Crippen molar-refractivity contribution in [2.45, 2.75) is 181 Å². The second kappa shape index (κ2) is 39.0. The van der Waals surface area contributed by atoms with Crippen LogP contribution in [0.15, 0.2) is 105 Å². The second-order valence-electron chi connectivity index (χ2n) is 25.2. The Kier molecular flexibility index (Phi) is 33.1. The van der Waals surface area contributed by atoms with Gasteiger partial charge in [0.2, 0.25) is 5.92 Å². The average molecular weight is 1460 g/mol. The van der Waals surface area contributed by atoms with Crippen molar-refractivity contribution < 1.29 is 128 Å². The van der Waals surface area contributed by atoms with Crippen molar-refractivity contribution in [2.75, 3.05) is 22.9 Å². The predicted octanol–water partition coefficient (Wildman–Crippen LogP) is 7.59. The van der Waals surface area contributed by atoms with Crippen LogP contribution in [0.25, 0.3) is 0 Å². The molecule has 1 N–H and O–H groups in total. The number of halogens is 2. The Labute approximate surface area is 606 Å². The Hall–Kier alpha value is -5.19. The van der Waals surface area contributed by atoms with E-state index in [9.17, 15) is 38.4 Å². The summed E-state index contributed by atoms with van der Waals surface area (Å²) in [7, 11) is 11.3. The summed E-state index contributed by atoms with van der Waals surface area (Å²) in [6, 6.07) is 19.0. The topological polar surface area (TPSA) is 220 Å². The van der Waals surface area contributed by atoms with Gasteiger partial charge in [0.25, 0.3) is 41.8 Å². The molecule has 11 rings (SSSR count). The van der Waals surface area contributed by atoms with Crippen LogP contribution < -0.4 is 47.5 Å². The molecule has 3 aromatic carbocycles. The smallest absolute Gasteiger partial charge is 1.00 e. The van der Waals surface area contributed by atoms with Crippen LogP contribution in [-0.4, -0.2) is 101 Å². The molecule has 5 saturated heterocycles. The minimum absolute atomic E-state index is 0. The van der Waals surface area contributed by atoms with Crippen LogP contribution >= 0.6 is 27.3 Å². The number of carbonyl (C=O) groups is 8. The minimum Gasteiger partial charge on any atom is -1.00 e. The van der Waals surface area contributed by atoms with Gasteiger partial charge in [-0.25, -0.2) is 0 Å².